The standard InChI is InChI=1S/C28H28N2O5/c1-28(2,3)17-12-13-22(35-5)20(15-17)25(31)23-24(21-11-6-7-14-29-21)30(27(33)26(23)32)18-9-8-10-19(16-18)34-4/h6-16,24,31H,1-5H3/b25-23+. The first-order valence-corrected chi connectivity index (χ1v) is 11.2. The Hall–Kier alpha value is -4.13. The van der Waals surface area contributed by atoms with E-state index in [9.17, 15) is 14.7 Å². The fourth-order valence-electron chi connectivity index (χ4n) is 4.18. The Bertz CT molecular complexity index is 1310. The lowest BCUT2D eigenvalue weighted by Gasteiger charge is -2.25. The van der Waals surface area contributed by atoms with Crippen LogP contribution >= 0.6 is 0 Å². The molecule has 1 fully saturated rings. The van der Waals surface area contributed by atoms with Crippen molar-refractivity contribution in [3.63, 3.8) is 0 Å². The zero-order valence-electron chi connectivity index (χ0n) is 20.4. The third kappa shape index (κ3) is 4.37. The maximum absolute atomic E-state index is 13.4. The van der Waals surface area contributed by atoms with Gasteiger partial charge in [0.15, 0.2) is 0 Å². The molecule has 35 heavy (non-hydrogen) atoms. The predicted octanol–water partition coefficient (Wildman–Crippen LogP) is 5.02. The normalized spacial score (nSPS) is 17.5. The number of nitrogens with zero attached hydrogens (tertiary/aromatic N) is 2. The number of rotatable bonds is 5. The number of ketones is 1. The molecular weight excluding hydrogens is 444 g/mol. The largest absolute Gasteiger partial charge is 0.507 e. The van der Waals surface area contributed by atoms with Gasteiger partial charge in [-0.2, -0.15) is 0 Å². The van der Waals surface area contributed by atoms with Gasteiger partial charge in [-0.3, -0.25) is 19.5 Å². The Kier molecular flexibility index (Phi) is 6.35. The van der Waals surface area contributed by atoms with E-state index in [4.69, 9.17) is 9.47 Å². The molecule has 1 N–H and O–H groups in total. The molecule has 0 spiro atoms. The lowest BCUT2D eigenvalue weighted by Crippen LogP contribution is -2.29. The van der Waals surface area contributed by atoms with Gasteiger partial charge in [-0.25, -0.2) is 0 Å². The highest BCUT2D eigenvalue weighted by atomic mass is 16.5. The number of anilines is 1. The number of hydrogen-bond donors (Lipinski definition) is 1. The van der Waals surface area contributed by atoms with E-state index in [-0.39, 0.29) is 16.7 Å². The number of amides is 1. The summed E-state index contributed by atoms with van der Waals surface area (Å²) in [5.74, 6) is -0.954. The van der Waals surface area contributed by atoms with Gasteiger partial charge in [0, 0.05) is 18.0 Å². The van der Waals surface area contributed by atoms with E-state index >= 15 is 0 Å². The Morgan fingerprint density at radius 1 is 0.971 bits per heavy atom. The minimum atomic E-state index is -0.939. The highest BCUT2D eigenvalue weighted by molar-refractivity contribution is 6.51. The first kappa shape index (κ1) is 24.0. The molecule has 180 valence electrons. The van der Waals surface area contributed by atoms with Crippen LogP contribution in [0.15, 0.2) is 72.4 Å². The number of aliphatic hydroxyl groups excluding tert-OH is 1. The van der Waals surface area contributed by atoms with Crippen molar-refractivity contribution >= 4 is 23.1 Å². The summed E-state index contributed by atoms with van der Waals surface area (Å²) in [4.78, 5) is 32.5. The van der Waals surface area contributed by atoms with E-state index in [0.29, 0.717) is 28.4 Å². The number of carbonyl (C=O) groups is 2. The molecule has 7 heteroatoms. The molecule has 1 saturated heterocycles. The summed E-state index contributed by atoms with van der Waals surface area (Å²) in [6.45, 7) is 6.15. The van der Waals surface area contributed by atoms with Crippen LogP contribution < -0.4 is 14.4 Å². The number of aliphatic hydroxyl groups is 1. The minimum absolute atomic E-state index is 0.0547. The second kappa shape index (κ2) is 9.25. The van der Waals surface area contributed by atoms with E-state index < -0.39 is 17.7 Å². The van der Waals surface area contributed by atoms with Crippen LogP contribution in [0.25, 0.3) is 5.76 Å². The topological polar surface area (TPSA) is 89.0 Å². The average molecular weight is 473 g/mol. The minimum Gasteiger partial charge on any atom is -0.507 e. The molecule has 2 heterocycles. The summed E-state index contributed by atoms with van der Waals surface area (Å²) in [5.41, 5.74) is 1.91. The summed E-state index contributed by atoms with van der Waals surface area (Å²) in [6.07, 6.45) is 1.59. The van der Waals surface area contributed by atoms with Crippen LogP contribution in [-0.2, 0) is 15.0 Å². The number of Topliss-reactive ketones (excluding diaryl/α,β-unsaturated/α-hetero) is 1. The van der Waals surface area contributed by atoms with Crippen molar-refractivity contribution in [2.75, 3.05) is 19.1 Å². The Balaban J connectivity index is 1.98. The van der Waals surface area contributed by atoms with Crippen LogP contribution in [0.3, 0.4) is 0 Å². The SMILES string of the molecule is COc1cccc(N2C(=O)C(=O)/C(=C(/O)c3cc(C(C)(C)C)ccc3OC)C2c2ccccn2)c1. The van der Waals surface area contributed by atoms with Gasteiger partial charge in [0.25, 0.3) is 11.7 Å². The van der Waals surface area contributed by atoms with E-state index in [1.54, 1.807) is 60.8 Å². The van der Waals surface area contributed by atoms with Crippen molar-refractivity contribution in [2.45, 2.75) is 32.2 Å². The Labute approximate surface area is 204 Å². The molecule has 1 amide bonds. The van der Waals surface area contributed by atoms with Crippen molar-refractivity contribution in [2.24, 2.45) is 0 Å². The van der Waals surface area contributed by atoms with E-state index in [1.807, 2.05) is 26.8 Å². The third-order valence-electron chi connectivity index (χ3n) is 6.06. The fraction of sp³-hybridized carbons (Fsp3) is 0.250. The third-order valence-corrected chi connectivity index (χ3v) is 6.06. The van der Waals surface area contributed by atoms with Gasteiger partial charge in [0.1, 0.15) is 23.3 Å². The summed E-state index contributed by atoms with van der Waals surface area (Å²) in [5, 5.41) is 11.6. The zero-order valence-corrected chi connectivity index (χ0v) is 20.4. The van der Waals surface area contributed by atoms with E-state index in [1.165, 1.54) is 19.1 Å². The molecule has 1 aliphatic heterocycles. The quantitative estimate of drug-likeness (QED) is 0.319. The predicted molar refractivity (Wildman–Crippen MR) is 134 cm³/mol. The van der Waals surface area contributed by atoms with Crippen molar-refractivity contribution < 1.29 is 24.2 Å². The van der Waals surface area contributed by atoms with E-state index in [0.717, 1.165) is 5.56 Å². The van der Waals surface area contributed by atoms with Crippen LogP contribution in [0.4, 0.5) is 5.69 Å². The lowest BCUT2D eigenvalue weighted by molar-refractivity contribution is -0.132. The number of hydrogen-bond acceptors (Lipinski definition) is 6. The molecule has 1 unspecified atom stereocenters. The van der Waals surface area contributed by atoms with Crippen molar-refractivity contribution in [1.29, 1.82) is 0 Å². The molecule has 0 bridgehead atoms. The zero-order chi connectivity index (χ0) is 25.3. The van der Waals surface area contributed by atoms with Gasteiger partial charge < -0.3 is 14.6 Å². The molecule has 1 aromatic heterocycles. The van der Waals surface area contributed by atoms with Crippen LogP contribution in [0.5, 0.6) is 11.5 Å². The van der Waals surface area contributed by atoms with Gasteiger partial charge in [-0.15, -0.1) is 0 Å². The Morgan fingerprint density at radius 3 is 2.37 bits per heavy atom. The molecule has 0 aliphatic carbocycles. The van der Waals surface area contributed by atoms with E-state index in [2.05, 4.69) is 4.98 Å². The van der Waals surface area contributed by atoms with Crippen LogP contribution in [-0.4, -0.2) is 36.0 Å². The molecule has 0 saturated carbocycles. The first-order valence-electron chi connectivity index (χ1n) is 11.2. The fourth-order valence-corrected chi connectivity index (χ4v) is 4.18. The monoisotopic (exact) mass is 472 g/mol. The van der Waals surface area contributed by atoms with Gasteiger partial charge in [0.05, 0.1) is 31.1 Å². The second-order valence-electron chi connectivity index (χ2n) is 9.29. The smallest absolute Gasteiger partial charge is 0.300 e. The van der Waals surface area contributed by atoms with Crippen LogP contribution in [0, 0.1) is 0 Å². The number of pyridine rings is 1. The first-order chi connectivity index (χ1) is 16.7. The van der Waals surface area contributed by atoms with Crippen molar-refractivity contribution in [3.8, 4) is 11.5 Å². The molecule has 1 aliphatic rings. The van der Waals surface area contributed by atoms with Crippen molar-refractivity contribution in [1.82, 2.24) is 4.98 Å². The average Bonchev–Trinajstić information content (AvgIpc) is 3.13. The number of benzene rings is 2. The maximum atomic E-state index is 13.4. The van der Waals surface area contributed by atoms with Gasteiger partial charge >= 0.3 is 0 Å². The summed E-state index contributed by atoms with van der Waals surface area (Å²) < 4.78 is 10.8. The molecule has 3 aromatic rings. The summed E-state index contributed by atoms with van der Waals surface area (Å²) >= 11 is 0. The number of ether oxygens (including phenoxy) is 2. The van der Waals surface area contributed by atoms with Gasteiger partial charge in [0.2, 0.25) is 0 Å². The highest BCUT2D eigenvalue weighted by Gasteiger charge is 2.48. The molecule has 7 nitrogen and oxygen atoms in total. The summed E-state index contributed by atoms with van der Waals surface area (Å²) in [6, 6.07) is 16.6. The lowest BCUT2D eigenvalue weighted by atomic mass is 9.85. The second-order valence-corrected chi connectivity index (χ2v) is 9.29. The molecule has 1 atom stereocenters. The van der Waals surface area contributed by atoms with Crippen molar-refractivity contribution in [3.05, 3.63) is 89.3 Å². The Morgan fingerprint density at radius 2 is 1.74 bits per heavy atom. The van der Waals surface area contributed by atoms with Crippen LogP contribution in [0.1, 0.15) is 43.6 Å². The van der Waals surface area contributed by atoms with Gasteiger partial charge in [-0.05, 0) is 47.4 Å². The highest BCUT2D eigenvalue weighted by Crippen LogP contribution is 2.43. The molecule has 4 rings (SSSR count). The molecular formula is C28H28N2O5. The number of methoxy groups -OCH3 is 2. The molecule has 2 aromatic carbocycles. The number of carbonyl (C=O) groups excluding carboxylic acids is 2. The molecule has 0 radical (unpaired) electrons. The number of aromatic nitrogens is 1. The van der Waals surface area contributed by atoms with Gasteiger partial charge in [-0.1, -0.05) is 39.0 Å². The summed E-state index contributed by atoms with van der Waals surface area (Å²) in [7, 11) is 3.02. The maximum Gasteiger partial charge on any atom is 0.300 e. The van der Waals surface area contributed by atoms with Crippen LogP contribution in [0.2, 0.25) is 0 Å².